The summed E-state index contributed by atoms with van der Waals surface area (Å²) in [6.45, 7) is 0. The lowest BCUT2D eigenvalue weighted by atomic mass is 10.0. The fraction of sp³-hybridized carbons (Fsp3) is 0.500. The van der Waals surface area contributed by atoms with E-state index in [1.54, 1.807) is 7.11 Å². The molecule has 0 saturated heterocycles. The lowest BCUT2D eigenvalue weighted by Crippen LogP contribution is -2.25. The molecule has 1 aliphatic rings. The summed E-state index contributed by atoms with van der Waals surface area (Å²) < 4.78 is 24.6. The molecule has 1 fully saturated rings. The molecule has 0 aliphatic heterocycles. The first-order chi connectivity index (χ1) is 8.00. The molecular formula is C12H15BrFNO2. The maximum absolute atomic E-state index is 13.8. The van der Waals surface area contributed by atoms with Gasteiger partial charge in [0.25, 0.3) is 0 Å². The maximum Gasteiger partial charge on any atom is 0.172 e. The SMILES string of the molecule is COc1c(F)cc(CC2(N)CC2)c(OC)c1Br. The summed E-state index contributed by atoms with van der Waals surface area (Å²) >= 11 is 3.30. The van der Waals surface area contributed by atoms with E-state index in [9.17, 15) is 4.39 Å². The topological polar surface area (TPSA) is 44.5 Å². The summed E-state index contributed by atoms with van der Waals surface area (Å²) in [6, 6.07) is 1.44. The predicted molar refractivity (Wildman–Crippen MR) is 67.1 cm³/mol. The van der Waals surface area contributed by atoms with E-state index < -0.39 is 5.82 Å². The summed E-state index contributed by atoms with van der Waals surface area (Å²) in [4.78, 5) is 0. The van der Waals surface area contributed by atoms with Crippen LogP contribution in [0.15, 0.2) is 10.5 Å². The predicted octanol–water partition coefficient (Wildman–Crippen LogP) is 2.64. The van der Waals surface area contributed by atoms with Crippen molar-refractivity contribution in [1.29, 1.82) is 0 Å². The van der Waals surface area contributed by atoms with Crippen molar-refractivity contribution < 1.29 is 13.9 Å². The molecule has 0 unspecified atom stereocenters. The highest BCUT2D eigenvalue weighted by Crippen LogP contribution is 2.43. The number of nitrogens with two attached hydrogens (primary N) is 1. The molecule has 0 radical (unpaired) electrons. The minimum absolute atomic E-state index is 0.160. The van der Waals surface area contributed by atoms with E-state index in [0.717, 1.165) is 18.4 Å². The number of hydrogen-bond acceptors (Lipinski definition) is 3. The zero-order valence-corrected chi connectivity index (χ0v) is 11.4. The zero-order valence-electron chi connectivity index (χ0n) is 9.85. The normalized spacial score (nSPS) is 16.8. The third-order valence-electron chi connectivity index (χ3n) is 3.05. The quantitative estimate of drug-likeness (QED) is 0.930. The first-order valence-corrected chi connectivity index (χ1v) is 6.18. The number of benzene rings is 1. The third-order valence-corrected chi connectivity index (χ3v) is 3.77. The van der Waals surface area contributed by atoms with Gasteiger partial charge in [0.15, 0.2) is 11.6 Å². The van der Waals surface area contributed by atoms with Crippen LogP contribution in [-0.4, -0.2) is 19.8 Å². The van der Waals surface area contributed by atoms with Crippen molar-refractivity contribution in [3.63, 3.8) is 0 Å². The Morgan fingerprint density at radius 3 is 2.41 bits per heavy atom. The average molecular weight is 304 g/mol. The molecule has 0 spiro atoms. The van der Waals surface area contributed by atoms with Crippen LogP contribution in [0.3, 0.4) is 0 Å². The molecule has 1 aromatic rings. The largest absolute Gasteiger partial charge is 0.495 e. The smallest absolute Gasteiger partial charge is 0.172 e. The Balaban J connectivity index is 2.44. The zero-order chi connectivity index (χ0) is 12.6. The first-order valence-electron chi connectivity index (χ1n) is 5.38. The minimum Gasteiger partial charge on any atom is -0.495 e. The number of methoxy groups -OCH3 is 2. The molecule has 5 heteroatoms. The fourth-order valence-electron chi connectivity index (χ4n) is 1.89. The molecule has 1 aliphatic carbocycles. The van der Waals surface area contributed by atoms with Gasteiger partial charge < -0.3 is 15.2 Å². The van der Waals surface area contributed by atoms with Crippen molar-refractivity contribution >= 4 is 15.9 Å². The second-order valence-electron chi connectivity index (χ2n) is 4.44. The van der Waals surface area contributed by atoms with Gasteiger partial charge in [-0.15, -0.1) is 0 Å². The Bertz CT molecular complexity index is 447. The van der Waals surface area contributed by atoms with E-state index in [-0.39, 0.29) is 11.3 Å². The van der Waals surface area contributed by atoms with Gasteiger partial charge in [0, 0.05) is 11.1 Å². The van der Waals surface area contributed by atoms with Crippen LogP contribution >= 0.6 is 15.9 Å². The van der Waals surface area contributed by atoms with Crippen LogP contribution in [-0.2, 0) is 6.42 Å². The van der Waals surface area contributed by atoms with Crippen LogP contribution in [0.25, 0.3) is 0 Å². The van der Waals surface area contributed by atoms with Gasteiger partial charge in [-0.05, 0) is 41.3 Å². The highest BCUT2D eigenvalue weighted by molar-refractivity contribution is 9.10. The van der Waals surface area contributed by atoms with Gasteiger partial charge in [-0.3, -0.25) is 0 Å². The molecule has 0 aromatic heterocycles. The second kappa shape index (κ2) is 4.46. The number of hydrogen-bond donors (Lipinski definition) is 1. The Hall–Kier alpha value is -0.810. The molecule has 1 saturated carbocycles. The molecule has 2 N–H and O–H groups in total. The van der Waals surface area contributed by atoms with Gasteiger partial charge >= 0.3 is 0 Å². The second-order valence-corrected chi connectivity index (χ2v) is 5.23. The lowest BCUT2D eigenvalue weighted by molar-refractivity contribution is 0.365. The van der Waals surface area contributed by atoms with Crippen LogP contribution in [0.4, 0.5) is 4.39 Å². The van der Waals surface area contributed by atoms with Gasteiger partial charge in [-0.25, -0.2) is 4.39 Å². The van der Waals surface area contributed by atoms with Gasteiger partial charge in [-0.2, -0.15) is 0 Å². The summed E-state index contributed by atoms with van der Waals surface area (Å²) in [5.41, 5.74) is 6.64. The first kappa shape index (κ1) is 12.6. The standard InChI is InChI=1S/C12H15BrFNO2/c1-16-10-7(6-12(15)3-4-12)5-8(14)11(17-2)9(10)13/h5H,3-4,6,15H2,1-2H3. The molecule has 0 atom stereocenters. The van der Waals surface area contributed by atoms with E-state index in [4.69, 9.17) is 15.2 Å². The van der Waals surface area contributed by atoms with Crippen LogP contribution < -0.4 is 15.2 Å². The van der Waals surface area contributed by atoms with Crippen molar-refractivity contribution in [1.82, 2.24) is 0 Å². The van der Waals surface area contributed by atoms with Crippen molar-refractivity contribution in [3.05, 3.63) is 21.9 Å². The summed E-state index contributed by atoms with van der Waals surface area (Å²) in [6.07, 6.45) is 2.57. The number of ether oxygens (including phenoxy) is 2. The van der Waals surface area contributed by atoms with Crippen molar-refractivity contribution in [3.8, 4) is 11.5 Å². The summed E-state index contributed by atoms with van der Waals surface area (Å²) in [7, 11) is 2.98. The molecule has 2 rings (SSSR count). The molecule has 0 bridgehead atoms. The van der Waals surface area contributed by atoms with E-state index in [2.05, 4.69) is 15.9 Å². The molecule has 94 valence electrons. The van der Waals surface area contributed by atoms with Gasteiger partial charge in [0.05, 0.1) is 14.2 Å². The Morgan fingerprint density at radius 1 is 1.35 bits per heavy atom. The van der Waals surface area contributed by atoms with E-state index in [1.807, 2.05) is 0 Å². The van der Waals surface area contributed by atoms with E-state index >= 15 is 0 Å². The number of halogens is 2. The molecular weight excluding hydrogens is 289 g/mol. The van der Waals surface area contributed by atoms with E-state index in [0.29, 0.717) is 16.6 Å². The highest BCUT2D eigenvalue weighted by Gasteiger charge is 2.39. The monoisotopic (exact) mass is 303 g/mol. The Labute approximate surface area is 108 Å². The maximum atomic E-state index is 13.8. The molecule has 0 heterocycles. The van der Waals surface area contributed by atoms with Crippen molar-refractivity contribution in [2.24, 2.45) is 5.73 Å². The third kappa shape index (κ3) is 2.40. The van der Waals surface area contributed by atoms with Gasteiger partial charge in [-0.1, -0.05) is 0 Å². The molecule has 17 heavy (non-hydrogen) atoms. The molecule has 3 nitrogen and oxygen atoms in total. The van der Waals surface area contributed by atoms with Gasteiger partial charge in [0.1, 0.15) is 10.2 Å². The van der Waals surface area contributed by atoms with Crippen LogP contribution in [0.5, 0.6) is 11.5 Å². The van der Waals surface area contributed by atoms with Crippen LogP contribution in [0, 0.1) is 5.82 Å². The van der Waals surface area contributed by atoms with Crippen LogP contribution in [0.1, 0.15) is 18.4 Å². The highest BCUT2D eigenvalue weighted by atomic mass is 79.9. The van der Waals surface area contributed by atoms with Crippen LogP contribution in [0.2, 0.25) is 0 Å². The van der Waals surface area contributed by atoms with Crippen molar-refractivity contribution in [2.75, 3.05) is 14.2 Å². The van der Waals surface area contributed by atoms with Gasteiger partial charge in [0.2, 0.25) is 0 Å². The molecule has 0 amide bonds. The Morgan fingerprint density at radius 2 is 1.94 bits per heavy atom. The number of rotatable bonds is 4. The summed E-state index contributed by atoms with van der Waals surface area (Å²) in [5, 5.41) is 0. The minimum atomic E-state index is -0.403. The summed E-state index contributed by atoms with van der Waals surface area (Å²) in [5.74, 6) is 0.354. The average Bonchev–Trinajstić information content (AvgIpc) is 2.96. The van der Waals surface area contributed by atoms with E-state index in [1.165, 1.54) is 13.2 Å². The fourth-order valence-corrected chi connectivity index (χ4v) is 2.66. The van der Waals surface area contributed by atoms with Crippen molar-refractivity contribution in [2.45, 2.75) is 24.8 Å². The molecule has 1 aromatic carbocycles. The lowest BCUT2D eigenvalue weighted by Gasteiger charge is -2.16. The Kier molecular flexibility index (Phi) is 3.32.